The molecule has 19 heavy (non-hydrogen) atoms. The zero-order valence-corrected chi connectivity index (χ0v) is 12.2. The minimum absolute atomic E-state index is 0.124. The van der Waals surface area contributed by atoms with Gasteiger partial charge in [-0.2, -0.15) is 0 Å². The Labute approximate surface area is 115 Å². The lowest BCUT2D eigenvalue weighted by molar-refractivity contribution is -0.919. The summed E-state index contributed by atoms with van der Waals surface area (Å²) in [4.78, 5) is 1.46. The van der Waals surface area contributed by atoms with Gasteiger partial charge in [0.05, 0.1) is 19.2 Å². The Morgan fingerprint density at radius 1 is 1.26 bits per heavy atom. The number of aryl methyl sites for hydroxylation is 1. The van der Waals surface area contributed by atoms with Crippen LogP contribution in [0.4, 0.5) is 0 Å². The summed E-state index contributed by atoms with van der Waals surface area (Å²) in [5.74, 6) is 0.901. The van der Waals surface area contributed by atoms with Gasteiger partial charge in [-0.15, -0.1) is 0 Å². The molecule has 0 bridgehead atoms. The first-order chi connectivity index (χ1) is 8.97. The maximum atomic E-state index is 10.1. The van der Waals surface area contributed by atoms with Crippen LogP contribution in [-0.2, 0) is 6.54 Å². The molecule has 0 atom stereocenters. The van der Waals surface area contributed by atoms with Gasteiger partial charge in [-0.1, -0.05) is 13.8 Å². The molecule has 1 aliphatic heterocycles. The Hall–Kier alpha value is -1.06. The minimum atomic E-state index is -0.124. The van der Waals surface area contributed by atoms with Crippen LogP contribution >= 0.6 is 0 Å². The van der Waals surface area contributed by atoms with Gasteiger partial charge < -0.3 is 15.1 Å². The van der Waals surface area contributed by atoms with E-state index in [1.165, 1.54) is 16.0 Å². The fraction of sp³-hybridized carbons (Fsp3) is 0.625. The van der Waals surface area contributed by atoms with E-state index in [0.717, 1.165) is 38.0 Å². The number of nitrogens with one attached hydrogen (secondary N) is 1. The molecule has 0 saturated carbocycles. The standard InChI is InChI=1S/C16H25NO2/c1-11(2)15-9-13(16(19)8-12(15)3)10-17-6-4-14(18)5-7-17/h8-9,11,14,18-19H,4-7,10H2,1-3H3/p+1. The monoisotopic (exact) mass is 264 g/mol. The zero-order chi connectivity index (χ0) is 14.0. The lowest BCUT2D eigenvalue weighted by atomic mass is 9.94. The molecular weight excluding hydrogens is 238 g/mol. The Bertz CT molecular complexity index is 435. The maximum Gasteiger partial charge on any atom is 0.124 e. The van der Waals surface area contributed by atoms with E-state index >= 15 is 0 Å². The van der Waals surface area contributed by atoms with E-state index in [2.05, 4.69) is 26.8 Å². The fourth-order valence-corrected chi connectivity index (χ4v) is 2.98. The summed E-state index contributed by atoms with van der Waals surface area (Å²) in [6.07, 6.45) is 1.62. The normalized spacial score (nSPS) is 23.8. The van der Waals surface area contributed by atoms with Crippen LogP contribution in [0.15, 0.2) is 12.1 Å². The molecule has 1 saturated heterocycles. The number of aliphatic hydroxyl groups is 1. The zero-order valence-electron chi connectivity index (χ0n) is 12.2. The van der Waals surface area contributed by atoms with Crippen molar-refractivity contribution in [1.82, 2.24) is 0 Å². The molecule has 1 fully saturated rings. The minimum Gasteiger partial charge on any atom is -0.507 e. The number of aliphatic hydroxyl groups excluding tert-OH is 1. The smallest absolute Gasteiger partial charge is 0.124 e. The van der Waals surface area contributed by atoms with Crippen molar-refractivity contribution < 1.29 is 15.1 Å². The van der Waals surface area contributed by atoms with Crippen molar-refractivity contribution in [3.05, 3.63) is 28.8 Å². The molecule has 0 aliphatic carbocycles. The van der Waals surface area contributed by atoms with Gasteiger partial charge in [-0.3, -0.25) is 0 Å². The summed E-state index contributed by atoms with van der Waals surface area (Å²) < 4.78 is 0. The van der Waals surface area contributed by atoms with E-state index in [4.69, 9.17) is 0 Å². The molecule has 1 heterocycles. The molecule has 0 radical (unpaired) electrons. The number of phenols is 1. The summed E-state index contributed by atoms with van der Waals surface area (Å²) in [6, 6.07) is 4.05. The molecular formula is C16H26NO2+. The number of benzene rings is 1. The number of phenolic OH excluding ortho intramolecular Hbond substituents is 1. The van der Waals surface area contributed by atoms with Crippen LogP contribution in [-0.4, -0.2) is 29.4 Å². The van der Waals surface area contributed by atoms with Crippen molar-refractivity contribution in [1.29, 1.82) is 0 Å². The highest BCUT2D eigenvalue weighted by Gasteiger charge is 2.21. The van der Waals surface area contributed by atoms with Gasteiger partial charge in [-0.25, -0.2) is 0 Å². The molecule has 0 unspecified atom stereocenters. The third kappa shape index (κ3) is 3.48. The number of hydrogen-bond acceptors (Lipinski definition) is 2. The number of likely N-dealkylation sites (tertiary alicyclic amines) is 1. The Morgan fingerprint density at radius 3 is 2.47 bits per heavy atom. The van der Waals surface area contributed by atoms with Gasteiger partial charge in [0.25, 0.3) is 0 Å². The second-order valence-electron chi connectivity index (χ2n) is 6.15. The van der Waals surface area contributed by atoms with E-state index in [0.29, 0.717) is 11.7 Å². The molecule has 0 spiro atoms. The summed E-state index contributed by atoms with van der Waals surface area (Å²) in [6.45, 7) is 9.28. The molecule has 1 aromatic carbocycles. The maximum absolute atomic E-state index is 10.1. The van der Waals surface area contributed by atoms with Crippen molar-refractivity contribution in [3.63, 3.8) is 0 Å². The first-order valence-corrected chi connectivity index (χ1v) is 7.31. The Kier molecular flexibility index (Phi) is 4.48. The van der Waals surface area contributed by atoms with E-state index in [1.54, 1.807) is 0 Å². The van der Waals surface area contributed by atoms with Crippen LogP contribution in [0.5, 0.6) is 5.75 Å². The van der Waals surface area contributed by atoms with Gasteiger partial charge >= 0.3 is 0 Å². The molecule has 3 nitrogen and oxygen atoms in total. The summed E-state index contributed by atoms with van der Waals surface area (Å²) >= 11 is 0. The van der Waals surface area contributed by atoms with Crippen molar-refractivity contribution in [2.45, 2.75) is 52.2 Å². The van der Waals surface area contributed by atoms with E-state index in [-0.39, 0.29) is 6.10 Å². The first kappa shape index (κ1) is 14.4. The topological polar surface area (TPSA) is 44.9 Å². The van der Waals surface area contributed by atoms with Gasteiger partial charge in [0, 0.05) is 18.4 Å². The third-order valence-corrected chi connectivity index (χ3v) is 4.19. The summed E-state index contributed by atoms with van der Waals surface area (Å²) in [5, 5.41) is 19.7. The molecule has 2 rings (SSSR count). The van der Waals surface area contributed by atoms with Crippen LogP contribution in [0.3, 0.4) is 0 Å². The highest BCUT2D eigenvalue weighted by atomic mass is 16.3. The second kappa shape index (κ2) is 5.93. The average molecular weight is 264 g/mol. The van der Waals surface area contributed by atoms with E-state index in [9.17, 15) is 10.2 Å². The SMILES string of the molecule is Cc1cc(O)c(C[NH+]2CCC(O)CC2)cc1C(C)C. The highest BCUT2D eigenvalue weighted by Crippen LogP contribution is 2.26. The molecule has 1 aliphatic rings. The van der Waals surface area contributed by atoms with Gasteiger partial charge in [0.15, 0.2) is 0 Å². The van der Waals surface area contributed by atoms with E-state index in [1.807, 2.05) is 6.07 Å². The quantitative estimate of drug-likeness (QED) is 0.772. The molecule has 0 aromatic heterocycles. The molecule has 1 aromatic rings. The average Bonchev–Trinajstić information content (AvgIpc) is 2.34. The second-order valence-corrected chi connectivity index (χ2v) is 6.15. The lowest BCUT2D eigenvalue weighted by Gasteiger charge is -2.27. The first-order valence-electron chi connectivity index (χ1n) is 7.31. The fourth-order valence-electron chi connectivity index (χ4n) is 2.98. The summed E-state index contributed by atoms with van der Waals surface area (Å²) in [5.41, 5.74) is 3.53. The third-order valence-electron chi connectivity index (χ3n) is 4.19. The largest absolute Gasteiger partial charge is 0.507 e. The summed E-state index contributed by atoms with van der Waals surface area (Å²) in [7, 11) is 0. The molecule has 106 valence electrons. The number of piperidine rings is 1. The van der Waals surface area contributed by atoms with Crippen LogP contribution in [0.25, 0.3) is 0 Å². The van der Waals surface area contributed by atoms with Crippen molar-refractivity contribution in [2.24, 2.45) is 0 Å². The van der Waals surface area contributed by atoms with E-state index < -0.39 is 0 Å². The Balaban J connectivity index is 2.13. The predicted octanol–water partition coefficient (Wildman–Crippen LogP) is 1.36. The number of quaternary nitrogens is 1. The van der Waals surface area contributed by atoms with Crippen molar-refractivity contribution in [3.8, 4) is 5.75 Å². The van der Waals surface area contributed by atoms with Gasteiger partial charge in [0.2, 0.25) is 0 Å². The van der Waals surface area contributed by atoms with Gasteiger partial charge in [0.1, 0.15) is 12.3 Å². The molecule has 0 amide bonds. The van der Waals surface area contributed by atoms with Crippen molar-refractivity contribution in [2.75, 3.05) is 13.1 Å². The molecule has 3 N–H and O–H groups in total. The predicted molar refractivity (Wildman–Crippen MR) is 76.6 cm³/mol. The van der Waals surface area contributed by atoms with Crippen molar-refractivity contribution >= 4 is 0 Å². The molecule has 3 heteroatoms. The lowest BCUT2D eigenvalue weighted by Crippen LogP contribution is -3.12. The number of rotatable bonds is 3. The number of aromatic hydroxyl groups is 1. The van der Waals surface area contributed by atoms with Crippen LogP contribution in [0, 0.1) is 6.92 Å². The van der Waals surface area contributed by atoms with Crippen LogP contribution in [0.2, 0.25) is 0 Å². The van der Waals surface area contributed by atoms with Crippen LogP contribution < -0.4 is 4.90 Å². The number of hydrogen-bond donors (Lipinski definition) is 3. The Morgan fingerprint density at radius 2 is 1.89 bits per heavy atom. The highest BCUT2D eigenvalue weighted by molar-refractivity contribution is 5.42. The van der Waals surface area contributed by atoms with Crippen LogP contribution in [0.1, 0.15) is 49.3 Å². The van der Waals surface area contributed by atoms with Gasteiger partial charge in [-0.05, 0) is 36.1 Å².